The van der Waals surface area contributed by atoms with Crippen LogP contribution in [-0.4, -0.2) is 42.6 Å². The number of aromatic nitrogens is 4. The van der Waals surface area contributed by atoms with Crippen LogP contribution in [0.4, 0.5) is 0 Å². The van der Waals surface area contributed by atoms with E-state index in [-0.39, 0.29) is 0 Å². The maximum atomic E-state index is 5.69. The zero-order valence-electron chi connectivity index (χ0n) is 15.3. The molecule has 7 heteroatoms. The first-order valence-electron chi connectivity index (χ1n) is 9.32. The molecule has 136 valence electrons. The lowest BCUT2D eigenvalue weighted by atomic mass is 10.1. The van der Waals surface area contributed by atoms with Gasteiger partial charge in [-0.3, -0.25) is 0 Å². The molecule has 1 aliphatic rings. The summed E-state index contributed by atoms with van der Waals surface area (Å²) in [5.74, 6) is 0. The molecule has 0 spiro atoms. The molecule has 0 amide bonds. The SMILES string of the molecule is CCNC(=S)N(Cc1cc2cc(C)ccc2n2nnnc12)C1CCCC1. The molecule has 1 aliphatic carbocycles. The van der Waals surface area contributed by atoms with Crippen molar-refractivity contribution in [3.63, 3.8) is 0 Å². The molecule has 6 nitrogen and oxygen atoms in total. The standard InChI is InChI=1S/C19H24N6S/c1-3-20-19(26)24(16-6-4-5-7-16)12-15-11-14-10-13(2)8-9-17(14)25-18(15)21-22-23-25/h8-11,16H,3-7,12H2,1-2H3,(H,20,26). The number of nitrogens with zero attached hydrogens (tertiary/aromatic N) is 5. The average molecular weight is 369 g/mol. The number of hydrogen-bond donors (Lipinski definition) is 1. The van der Waals surface area contributed by atoms with E-state index >= 15 is 0 Å². The Bertz CT molecular complexity index is 944. The Balaban J connectivity index is 1.77. The molecule has 3 aromatic rings. The Morgan fingerprint density at radius 2 is 2.12 bits per heavy atom. The van der Waals surface area contributed by atoms with Gasteiger partial charge in [0, 0.05) is 30.1 Å². The van der Waals surface area contributed by atoms with Crippen LogP contribution in [0.5, 0.6) is 0 Å². The van der Waals surface area contributed by atoms with Crippen molar-refractivity contribution in [3.05, 3.63) is 35.4 Å². The van der Waals surface area contributed by atoms with Crippen LogP contribution in [0.2, 0.25) is 0 Å². The number of tetrazole rings is 1. The molecule has 0 radical (unpaired) electrons. The summed E-state index contributed by atoms with van der Waals surface area (Å²) in [6.45, 7) is 5.75. The predicted octanol–water partition coefficient (Wildman–Crippen LogP) is 3.22. The summed E-state index contributed by atoms with van der Waals surface area (Å²) in [5, 5.41) is 17.7. The zero-order valence-corrected chi connectivity index (χ0v) is 16.1. The third-order valence-electron chi connectivity index (χ3n) is 5.19. The van der Waals surface area contributed by atoms with Gasteiger partial charge in [-0.25, -0.2) is 0 Å². The monoisotopic (exact) mass is 368 g/mol. The Labute approximate surface area is 158 Å². The molecule has 4 rings (SSSR count). The number of benzene rings is 1. The van der Waals surface area contributed by atoms with Crippen molar-refractivity contribution in [1.82, 2.24) is 30.3 Å². The van der Waals surface area contributed by atoms with Gasteiger partial charge in [-0.05, 0) is 67.5 Å². The summed E-state index contributed by atoms with van der Waals surface area (Å²) in [6.07, 6.45) is 4.93. The van der Waals surface area contributed by atoms with Gasteiger partial charge in [-0.15, -0.1) is 5.10 Å². The normalized spacial score (nSPS) is 15.0. The van der Waals surface area contributed by atoms with E-state index in [1.54, 1.807) is 0 Å². The first-order valence-corrected chi connectivity index (χ1v) is 9.73. The number of fused-ring (bicyclic) bond motifs is 3. The summed E-state index contributed by atoms with van der Waals surface area (Å²) in [5.41, 5.74) is 4.18. The highest BCUT2D eigenvalue weighted by atomic mass is 32.1. The van der Waals surface area contributed by atoms with Crippen LogP contribution < -0.4 is 5.32 Å². The summed E-state index contributed by atoms with van der Waals surface area (Å²) in [6, 6.07) is 9.06. The second-order valence-corrected chi connectivity index (χ2v) is 7.43. The first-order chi connectivity index (χ1) is 12.7. The van der Waals surface area contributed by atoms with E-state index < -0.39 is 0 Å². The second-order valence-electron chi connectivity index (χ2n) is 7.05. The molecule has 0 atom stereocenters. The van der Waals surface area contributed by atoms with Crippen molar-refractivity contribution in [2.45, 2.75) is 52.1 Å². The number of hydrogen-bond acceptors (Lipinski definition) is 4. The molecule has 0 unspecified atom stereocenters. The van der Waals surface area contributed by atoms with Crippen LogP contribution in [-0.2, 0) is 6.54 Å². The van der Waals surface area contributed by atoms with E-state index in [0.717, 1.165) is 40.3 Å². The van der Waals surface area contributed by atoms with Crippen molar-refractivity contribution in [2.24, 2.45) is 0 Å². The lowest BCUT2D eigenvalue weighted by Crippen LogP contribution is -2.44. The predicted molar refractivity (Wildman–Crippen MR) is 107 cm³/mol. The van der Waals surface area contributed by atoms with Gasteiger partial charge in [-0.1, -0.05) is 24.5 Å². The fraction of sp³-hybridized carbons (Fsp3) is 0.474. The Morgan fingerprint density at radius 3 is 2.88 bits per heavy atom. The minimum atomic E-state index is 0.491. The fourth-order valence-electron chi connectivity index (χ4n) is 3.92. The molecule has 1 aromatic carbocycles. The van der Waals surface area contributed by atoms with Gasteiger partial charge in [0.1, 0.15) is 0 Å². The van der Waals surface area contributed by atoms with Crippen molar-refractivity contribution in [1.29, 1.82) is 0 Å². The molecular weight excluding hydrogens is 344 g/mol. The number of thiocarbonyl (C=S) groups is 1. The number of aryl methyl sites for hydroxylation is 1. The largest absolute Gasteiger partial charge is 0.363 e. The van der Waals surface area contributed by atoms with E-state index in [4.69, 9.17) is 12.2 Å². The maximum absolute atomic E-state index is 5.69. The van der Waals surface area contributed by atoms with E-state index in [9.17, 15) is 0 Å². The number of rotatable bonds is 4. The molecular formula is C19H24N6S. The van der Waals surface area contributed by atoms with Gasteiger partial charge in [0.15, 0.2) is 10.8 Å². The number of nitrogens with one attached hydrogen (secondary N) is 1. The molecule has 1 saturated carbocycles. The van der Waals surface area contributed by atoms with Crippen molar-refractivity contribution < 1.29 is 0 Å². The molecule has 0 saturated heterocycles. The molecule has 1 fully saturated rings. The van der Waals surface area contributed by atoms with E-state index in [1.165, 1.54) is 31.2 Å². The van der Waals surface area contributed by atoms with Crippen molar-refractivity contribution in [3.8, 4) is 0 Å². The van der Waals surface area contributed by atoms with E-state index in [1.807, 2.05) is 4.52 Å². The van der Waals surface area contributed by atoms with Crippen LogP contribution in [0, 0.1) is 6.92 Å². The second kappa shape index (κ2) is 7.15. The topological polar surface area (TPSA) is 58.4 Å². The highest BCUT2D eigenvalue weighted by molar-refractivity contribution is 7.80. The van der Waals surface area contributed by atoms with Gasteiger partial charge in [-0.2, -0.15) is 4.52 Å². The van der Waals surface area contributed by atoms with Gasteiger partial charge in [0.25, 0.3) is 0 Å². The van der Waals surface area contributed by atoms with Gasteiger partial charge < -0.3 is 10.2 Å². The Kier molecular flexibility index (Phi) is 4.72. The van der Waals surface area contributed by atoms with Gasteiger partial charge in [0.2, 0.25) is 0 Å². The summed E-state index contributed by atoms with van der Waals surface area (Å²) in [7, 11) is 0. The molecule has 26 heavy (non-hydrogen) atoms. The highest BCUT2D eigenvalue weighted by Crippen LogP contribution is 2.27. The first kappa shape index (κ1) is 17.1. The maximum Gasteiger partial charge on any atom is 0.184 e. The van der Waals surface area contributed by atoms with Crippen molar-refractivity contribution in [2.75, 3.05) is 6.54 Å². The molecule has 0 bridgehead atoms. The van der Waals surface area contributed by atoms with Crippen LogP contribution in [0.15, 0.2) is 24.3 Å². The Hall–Kier alpha value is -2.28. The summed E-state index contributed by atoms with van der Waals surface area (Å²) >= 11 is 5.69. The summed E-state index contributed by atoms with van der Waals surface area (Å²) in [4.78, 5) is 2.33. The molecule has 1 N–H and O–H groups in total. The minimum Gasteiger partial charge on any atom is -0.363 e. The smallest absolute Gasteiger partial charge is 0.184 e. The highest BCUT2D eigenvalue weighted by Gasteiger charge is 2.25. The van der Waals surface area contributed by atoms with E-state index in [0.29, 0.717) is 6.04 Å². The van der Waals surface area contributed by atoms with Gasteiger partial charge >= 0.3 is 0 Å². The van der Waals surface area contributed by atoms with Crippen LogP contribution in [0.3, 0.4) is 0 Å². The Morgan fingerprint density at radius 1 is 1.31 bits per heavy atom. The summed E-state index contributed by atoms with van der Waals surface area (Å²) < 4.78 is 1.84. The molecule has 0 aliphatic heterocycles. The van der Waals surface area contributed by atoms with Crippen molar-refractivity contribution >= 4 is 33.9 Å². The van der Waals surface area contributed by atoms with E-state index in [2.05, 4.69) is 63.9 Å². The lowest BCUT2D eigenvalue weighted by molar-refractivity contribution is 0.304. The van der Waals surface area contributed by atoms with Crippen LogP contribution in [0.1, 0.15) is 43.7 Å². The third-order valence-corrected chi connectivity index (χ3v) is 5.57. The third kappa shape index (κ3) is 3.11. The average Bonchev–Trinajstić information content (AvgIpc) is 3.31. The quantitative estimate of drug-likeness (QED) is 0.714. The fourth-order valence-corrected chi connectivity index (χ4v) is 4.28. The van der Waals surface area contributed by atoms with Crippen LogP contribution in [0.25, 0.3) is 16.6 Å². The van der Waals surface area contributed by atoms with Crippen LogP contribution >= 0.6 is 12.2 Å². The minimum absolute atomic E-state index is 0.491. The molecule has 2 heterocycles. The zero-order chi connectivity index (χ0) is 18.1. The number of pyridine rings is 1. The van der Waals surface area contributed by atoms with Gasteiger partial charge in [0.05, 0.1) is 5.52 Å². The lowest BCUT2D eigenvalue weighted by Gasteiger charge is -2.31. The molecule has 2 aromatic heterocycles.